The molecule has 2 atom stereocenters. The Hall–Kier alpha value is -1.75. The molecule has 4 N–H and O–H groups in total. The third kappa shape index (κ3) is 6.88. The van der Waals surface area contributed by atoms with Crippen molar-refractivity contribution in [3.8, 4) is 5.75 Å². The highest BCUT2D eigenvalue weighted by atomic mass is 32.2. The number of nitrogens with two attached hydrogens (primary N) is 1. The molecule has 0 bridgehead atoms. The zero-order chi connectivity index (χ0) is 25.3. The fourth-order valence-electron chi connectivity index (χ4n) is 3.48. The number of rotatable bonds is 9. The first-order valence-electron chi connectivity index (χ1n) is 10.8. The van der Waals surface area contributed by atoms with E-state index < -0.39 is 28.3 Å². The predicted molar refractivity (Wildman–Crippen MR) is 132 cm³/mol. The Kier molecular flexibility index (Phi) is 8.54. The van der Waals surface area contributed by atoms with Crippen LogP contribution in [0.4, 0.5) is 14.5 Å². The molecule has 186 valence electrons. The molecule has 33 heavy (non-hydrogen) atoms. The van der Waals surface area contributed by atoms with Crippen LogP contribution in [0.5, 0.6) is 5.75 Å². The molecule has 0 amide bonds. The summed E-state index contributed by atoms with van der Waals surface area (Å²) in [6.45, 7) is 11.8. The van der Waals surface area contributed by atoms with Crippen LogP contribution in [0.2, 0.25) is 0 Å². The minimum atomic E-state index is -3.24. The Morgan fingerprint density at radius 1 is 1.12 bits per heavy atom. The van der Waals surface area contributed by atoms with E-state index in [2.05, 4.69) is 14.4 Å². The van der Waals surface area contributed by atoms with Gasteiger partial charge in [0.05, 0.1) is 5.60 Å². The molecular formula is C23H35F2N3O3S2. The summed E-state index contributed by atoms with van der Waals surface area (Å²) in [5.74, 6) is 0.118. The van der Waals surface area contributed by atoms with Crippen LogP contribution in [0, 0.1) is 6.92 Å². The number of nitrogens with zero attached hydrogens (tertiary/aromatic N) is 1. The number of hydrogen-bond acceptors (Lipinski definition) is 6. The molecule has 1 aromatic heterocycles. The molecule has 0 aliphatic heterocycles. The number of halogens is 2. The summed E-state index contributed by atoms with van der Waals surface area (Å²) < 4.78 is 48.5. The summed E-state index contributed by atoms with van der Waals surface area (Å²) in [7, 11) is -3.24. The van der Waals surface area contributed by atoms with Gasteiger partial charge in [0.25, 0.3) is 0 Å². The number of ether oxygens (including phenoxy) is 1. The lowest BCUT2D eigenvalue weighted by Gasteiger charge is -2.24. The number of hydrogen-bond donors (Lipinski definition) is 3. The van der Waals surface area contributed by atoms with Gasteiger partial charge in [0.15, 0.2) is 0 Å². The van der Waals surface area contributed by atoms with Crippen molar-refractivity contribution in [3.63, 3.8) is 0 Å². The van der Waals surface area contributed by atoms with Crippen molar-refractivity contribution < 1.29 is 22.8 Å². The summed E-state index contributed by atoms with van der Waals surface area (Å²) in [4.78, 5) is 0.655. The molecule has 2 aromatic rings. The van der Waals surface area contributed by atoms with E-state index in [0.717, 1.165) is 16.8 Å². The fraction of sp³-hybridized carbons (Fsp3) is 0.565. The molecular weight excluding hydrogens is 468 g/mol. The smallest absolute Gasteiger partial charge is 0.387 e. The van der Waals surface area contributed by atoms with Gasteiger partial charge in [-0.2, -0.15) is 13.1 Å². The van der Waals surface area contributed by atoms with E-state index in [0.29, 0.717) is 14.6 Å². The number of nitrogens with one attached hydrogen (secondary N) is 1. The Morgan fingerprint density at radius 2 is 1.64 bits per heavy atom. The minimum Gasteiger partial charge on any atom is -0.435 e. The summed E-state index contributed by atoms with van der Waals surface area (Å²) in [5, 5.41) is 19.8. The molecule has 2 rings (SSSR count). The second-order valence-electron chi connectivity index (χ2n) is 9.30. The second kappa shape index (κ2) is 10.2. The van der Waals surface area contributed by atoms with Gasteiger partial charge in [-0.05, 0) is 74.4 Å². The van der Waals surface area contributed by atoms with Gasteiger partial charge in [-0.1, -0.05) is 27.7 Å². The van der Waals surface area contributed by atoms with Crippen LogP contribution in [0.1, 0.15) is 81.9 Å². The average Bonchev–Trinajstić information content (AvgIpc) is 3.04. The Bertz CT molecular complexity index is 1070. The number of alkyl halides is 2. The third-order valence-electron chi connectivity index (χ3n) is 5.05. The molecule has 0 saturated heterocycles. The molecule has 0 aliphatic rings. The van der Waals surface area contributed by atoms with Gasteiger partial charge >= 0.3 is 6.61 Å². The van der Waals surface area contributed by atoms with Crippen LogP contribution in [0.25, 0.3) is 0 Å². The van der Waals surface area contributed by atoms with Crippen LogP contribution in [0.3, 0.4) is 0 Å². The fourth-order valence-corrected chi connectivity index (χ4v) is 6.40. The number of aliphatic hydroxyl groups is 1. The van der Waals surface area contributed by atoms with Gasteiger partial charge < -0.3 is 15.2 Å². The van der Waals surface area contributed by atoms with Crippen molar-refractivity contribution in [1.29, 1.82) is 0 Å². The molecule has 1 aromatic carbocycles. The van der Waals surface area contributed by atoms with E-state index in [4.69, 9.17) is 5.14 Å². The predicted octanol–water partition coefficient (Wildman–Crippen LogP) is 6.29. The molecule has 0 saturated carbocycles. The molecule has 0 fully saturated rings. The van der Waals surface area contributed by atoms with Crippen molar-refractivity contribution in [2.45, 2.75) is 89.8 Å². The van der Waals surface area contributed by atoms with E-state index in [-0.39, 0.29) is 17.6 Å². The molecule has 0 radical (unpaired) electrons. The standard InChI is InChI=1S/C23H35F2N3O3S2/c1-12(2)17-10-16(31-22(24)25)11-18(13(3)4)20(17)27-15(6)28-33(26,30)21-14(5)9-19(32-21)23(7,8)29/h9-13,15,22,27,29H,1-8H3,(H2,26,28,30). The molecule has 1 heterocycles. The lowest BCUT2D eigenvalue weighted by Crippen LogP contribution is -2.22. The van der Waals surface area contributed by atoms with Gasteiger partial charge in [-0.3, -0.25) is 0 Å². The maximum atomic E-state index is 13.4. The second-order valence-corrected chi connectivity index (χ2v) is 12.4. The van der Waals surface area contributed by atoms with E-state index >= 15 is 0 Å². The van der Waals surface area contributed by atoms with Gasteiger partial charge in [0.1, 0.15) is 26.0 Å². The maximum Gasteiger partial charge on any atom is 0.387 e. The monoisotopic (exact) mass is 503 g/mol. The first kappa shape index (κ1) is 27.5. The molecule has 10 heteroatoms. The van der Waals surface area contributed by atoms with Crippen molar-refractivity contribution >= 4 is 26.9 Å². The van der Waals surface area contributed by atoms with Crippen LogP contribution in [-0.2, 0) is 15.5 Å². The summed E-state index contributed by atoms with van der Waals surface area (Å²) in [6, 6.07) is 4.96. The van der Waals surface area contributed by atoms with Crippen LogP contribution >= 0.6 is 11.3 Å². The minimum absolute atomic E-state index is 0.00883. The highest BCUT2D eigenvalue weighted by molar-refractivity contribution is 7.93. The normalized spacial score (nSPS) is 15.1. The average molecular weight is 504 g/mol. The quantitative estimate of drug-likeness (QED) is 0.375. The highest BCUT2D eigenvalue weighted by Gasteiger charge is 2.25. The van der Waals surface area contributed by atoms with Crippen LogP contribution < -0.4 is 15.2 Å². The summed E-state index contributed by atoms with van der Waals surface area (Å²) in [5.41, 5.74) is 1.96. The van der Waals surface area contributed by atoms with E-state index in [9.17, 15) is 18.1 Å². The Labute approximate surface area is 199 Å². The van der Waals surface area contributed by atoms with Gasteiger partial charge in [-0.25, -0.2) is 9.35 Å². The van der Waals surface area contributed by atoms with Gasteiger partial charge in [-0.15, -0.1) is 11.3 Å². The van der Waals surface area contributed by atoms with Gasteiger partial charge in [0, 0.05) is 10.6 Å². The van der Waals surface area contributed by atoms with Crippen molar-refractivity contribution in [2.75, 3.05) is 5.32 Å². The van der Waals surface area contributed by atoms with Crippen molar-refractivity contribution in [3.05, 3.63) is 39.8 Å². The first-order chi connectivity index (χ1) is 15.0. The van der Waals surface area contributed by atoms with E-state index in [1.54, 1.807) is 45.9 Å². The lowest BCUT2D eigenvalue weighted by atomic mass is 9.92. The number of aryl methyl sites for hydroxylation is 1. The molecule has 0 aliphatic carbocycles. The van der Waals surface area contributed by atoms with Crippen molar-refractivity contribution in [1.82, 2.24) is 0 Å². The van der Waals surface area contributed by atoms with Crippen molar-refractivity contribution in [2.24, 2.45) is 9.50 Å². The lowest BCUT2D eigenvalue weighted by molar-refractivity contribution is -0.0499. The van der Waals surface area contributed by atoms with Crippen LogP contribution in [-0.4, -0.2) is 22.1 Å². The Balaban J connectivity index is 2.51. The summed E-state index contributed by atoms with van der Waals surface area (Å²) in [6.07, 6.45) is -0.633. The topological polar surface area (TPSA) is 96.9 Å². The van der Waals surface area contributed by atoms with E-state index in [1.165, 1.54) is 11.3 Å². The molecule has 6 nitrogen and oxygen atoms in total. The zero-order valence-corrected chi connectivity index (χ0v) is 22.0. The van der Waals surface area contributed by atoms with Crippen LogP contribution in [0.15, 0.2) is 26.8 Å². The van der Waals surface area contributed by atoms with Gasteiger partial charge in [0.2, 0.25) is 0 Å². The SMILES string of the molecule is Cc1cc(C(C)(C)O)sc1S(N)(=O)=NC(C)Nc1c(C(C)C)cc(OC(F)F)cc1C(C)C. The first-order valence-corrected chi connectivity index (χ1v) is 13.2. The zero-order valence-electron chi connectivity index (χ0n) is 20.4. The number of anilines is 1. The highest BCUT2D eigenvalue weighted by Crippen LogP contribution is 2.38. The maximum absolute atomic E-state index is 13.4. The third-order valence-corrected chi connectivity index (χ3v) is 8.84. The molecule has 0 spiro atoms. The Morgan fingerprint density at radius 3 is 2.03 bits per heavy atom. The molecule has 2 unspecified atom stereocenters. The largest absolute Gasteiger partial charge is 0.435 e. The summed E-state index contributed by atoms with van der Waals surface area (Å²) >= 11 is 1.19. The number of thiophene rings is 1. The number of benzene rings is 1. The van der Waals surface area contributed by atoms with E-state index in [1.807, 2.05) is 27.7 Å².